The number of thiazole rings is 1. The summed E-state index contributed by atoms with van der Waals surface area (Å²) < 4.78 is 7.93. The summed E-state index contributed by atoms with van der Waals surface area (Å²) in [4.78, 5) is 4.13. The number of rotatable bonds is 2. The van der Waals surface area contributed by atoms with Gasteiger partial charge in [0.15, 0.2) is 5.15 Å². The van der Waals surface area contributed by atoms with Gasteiger partial charge in [-0.05, 0) is 0 Å². The molecule has 6 heteroatoms. The first kappa shape index (κ1) is 8.10. The van der Waals surface area contributed by atoms with E-state index in [1.54, 1.807) is 17.5 Å². The minimum absolute atomic E-state index is 0.496. The van der Waals surface area contributed by atoms with Crippen LogP contribution < -0.4 is 0 Å². The molecule has 0 atom stereocenters. The smallest absolute Gasteiger partial charge is 0.166 e. The van der Waals surface area contributed by atoms with E-state index in [0.717, 1.165) is 22.4 Å². The minimum Gasteiger partial charge on any atom is -0.249 e. The highest BCUT2D eigenvalue weighted by atomic mass is 35.5. The lowest BCUT2D eigenvalue weighted by atomic mass is 10.3. The summed E-state index contributed by atoms with van der Waals surface area (Å²) in [5.41, 5.74) is 0.816. The first-order valence-corrected chi connectivity index (χ1v) is 5.20. The van der Waals surface area contributed by atoms with Gasteiger partial charge in [0.05, 0.1) is 16.7 Å². The molecular weight excluding hydrogens is 214 g/mol. The topological polar surface area (TPSA) is 38.7 Å². The summed E-state index contributed by atoms with van der Waals surface area (Å²) in [6, 6.07) is 0. The van der Waals surface area contributed by atoms with Crippen LogP contribution in [0.25, 0.3) is 0 Å². The average molecular weight is 218 g/mol. The number of hydrogen-bond acceptors (Lipinski definition) is 5. The molecule has 2 heterocycles. The van der Waals surface area contributed by atoms with Crippen LogP contribution in [0.4, 0.5) is 0 Å². The normalized spacial score (nSPS) is 10.4. The van der Waals surface area contributed by atoms with Crippen molar-refractivity contribution >= 4 is 34.7 Å². The van der Waals surface area contributed by atoms with Crippen LogP contribution in [0.15, 0.2) is 11.6 Å². The van der Waals surface area contributed by atoms with Crippen molar-refractivity contribution in [2.24, 2.45) is 0 Å². The highest BCUT2D eigenvalue weighted by Crippen LogP contribution is 2.17. The molecule has 0 amide bonds. The molecule has 0 N–H and O–H groups in total. The summed E-state index contributed by atoms with van der Waals surface area (Å²) in [7, 11) is 0. The fraction of sp³-hybridized carbons (Fsp3) is 0.167. The molecule has 2 aromatic heterocycles. The number of aromatic nitrogens is 3. The molecule has 0 aliphatic rings. The van der Waals surface area contributed by atoms with Gasteiger partial charge in [0.2, 0.25) is 0 Å². The second-order valence-corrected chi connectivity index (χ2v) is 3.97. The molecule has 3 nitrogen and oxygen atoms in total. The van der Waals surface area contributed by atoms with E-state index in [9.17, 15) is 0 Å². The maximum Gasteiger partial charge on any atom is 0.166 e. The highest BCUT2D eigenvalue weighted by molar-refractivity contribution is 7.09. The Hall–Kier alpha value is -0.520. The van der Waals surface area contributed by atoms with Crippen LogP contribution in [0.5, 0.6) is 0 Å². The van der Waals surface area contributed by atoms with Crippen molar-refractivity contribution in [2.45, 2.75) is 6.42 Å². The van der Waals surface area contributed by atoms with E-state index < -0.39 is 0 Å². The van der Waals surface area contributed by atoms with Crippen LogP contribution in [0.1, 0.15) is 10.7 Å². The van der Waals surface area contributed by atoms with Crippen LogP contribution in [0.3, 0.4) is 0 Å². The van der Waals surface area contributed by atoms with Crippen LogP contribution in [0, 0.1) is 0 Å². The standard InChI is InChI=1S/C6H4ClN3S2/c7-6-4(9-12-10-6)3-5-8-1-2-11-5/h1-2H,3H2. The Bertz CT molecular complexity index is 357. The molecule has 0 saturated carbocycles. The Morgan fingerprint density at radius 2 is 2.33 bits per heavy atom. The largest absolute Gasteiger partial charge is 0.249 e. The van der Waals surface area contributed by atoms with Gasteiger partial charge in [-0.2, -0.15) is 8.75 Å². The molecule has 2 rings (SSSR count). The second kappa shape index (κ2) is 3.47. The van der Waals surface area contributed by atoms with E-state index in [-0.39, 0.29) is 0 Å². The lowest BCUT2D eigenvalue weighted by molar-refractivity contribution is 1.09. The van der Waals surface area contributed by atoms with Crippen LogP contribution >= 0.6 is 34.7 Å². The monoisotopic (exact) mass is 217 g/mol. The van der Waals surface area contributed by atoms with E-state index in [2.05, 4.69) is 13.7 Å². The summed E-state index contributed by atoms with van der Waals surface area (Å²) >= 11 is 8.50. The first-order valence-electron chi connectivity index (χ1n) is 3.21. The molecule has 0 aromatic carbocycles. The van der Waals surface area contributed by atoms with Gasteiger partial charge < -0.3 is 0 Å². The molecular formula is C6H4ClN3S2. The highest BCUT2D eigenvalue weighted by Gasteiger charge is 2.07. The van der Waals surface area contributed by atoms with Gasteiger partial charge >= 0.3 is 0 Å². The van der Waals surface area contributed by atoms with E-state index in [1.807, 2.05) is 5.38 Å². The molecule has 0 fully saturated rings. The molecule has 0 bridgehead atoms. The Labute approximate surface area is 82.4 Å². The van der Waals surface area contributed by atoms with Gasteiger partial charge in [0.25, 0.3) is 0 Å². The maximum atomic E-state index is 5.77. The van der Waals surface area contributed by atoms with Crippen LogP contribution in [0.2, 0.25) is 5.15 Å². The van der Waals surface area contributed by atoms with Gasteiger partial charge in [-0.3, -0.25) is 0 Å². The lowest BCUT2D eigenvalue weighted by Gasteiger charge is -1.89. The van der Waals surface area contributed by atoms with E-state index in [0.29, 0.717) is 11.6 Å². The summed E-state index contributed by atoms with van der Waals surface area (Å²) in [5, 5.41) is 3.45. The summed E-state index contributed by atoms with van der Waals surface area (Å²) in [6.45, 7) is 0. The molecule has 12 heavy (non-hydrogen) atoms. The molecule has 0 aliphatic heterocycles. The van der Waals surface area contributed by atoms with Crippen molar-refractivity contribution in [1.29, 1.82) is 0 Å². The summed E-state index contributed by atoms with van der Waals surface area (Å²) in [5.74, 6) is 0. The predicted octanol–water partition coefficient (Wildman–Crippen LogP) is 2.24. The Morgan fingerprint density at radius 1 is 1.42 bits per heavy atom. The minimum atomic E-state index is 0.496. The van der Waals surface area contributed by atoms with Crippen molar-refractivity contribution in [2.75, 3.05) is 0 Å². The molecule has 2 aromatic rings. The lowest BCUT2D eigenvalue weighted by Crippen LogP contribution is -1.86. The molecule has 0 radical (unpaired) electrons. The quantitative estimate of drug-likeness (QED) is 0.775. The third kappa shape index (κ3) is 1.63. The van der Waals surface area contributed by atoms with Crippen molar-refractivity contribution < 1.29 is 0 Å². The van der Waals surface area contributed by atoms with Crippen LogP contribution in [-0.2, 0) is 6.42 Å². The van der Waals surface area contributed by atoms with Crippen LogP contribution in [-0.4, -0.2) is 13.7 Å². The number of nitrogens with zero attached hydrogens (tertiary/aromatic N) is 3. The average Bonchev–Trinajstić information content (AvgIpc) is 2.65. The predicted molar refractivity (Wildman–Crippen MR) is 49.8 cm³/mol. The zero-order valence-electron chi connectivity index (χ0n) is 5.90. The van der Waals surface area contributed by atoms with Crippen molar-refractivity contribution in [1.82, 2.24) is 13.7 Å². The van der Waals surface area contributed by atoms with Gasteiger partial charge in [0.1, 0.15) is 5.69 Å². The molecule has 0 unspecified atom stereocenters. The molecule has 0 aliphatic carbocycles. The zero-order valence-corrected chi connectivity index (χ0v) is 8.29. The fourth-order valence-electron chi connectivity index (χ4n) is 0.785. The third-order valence-electron chi connectivity index (χ3n) is 1.31. The molecule has 0 spiro atoms. The third-order valence-corrected chi connectivity index (χ3v) is 3.06. The first-order chi connectivity index (χ1) is 5.86. The van der Waals surface area contributed by atoms with Crippen molar-refractivity contribution in [3.8, 4) is 0 Å². The van der Waals surface area contributed by atoms with Gasteiger partial charge in [-0.25, -0.2) is 4.98 Å². The van der Waals surface area contributed by atoms with Crippen molar-refractivity contribution in [3.63, 3.8) is 0 Å². The fourth-order valence-corrected chi connectivity index (χ4v) is 2.12. The number of halogens is 1. The van der Waals surface area contributed by atoms with Gasteiger partial charge in [-0.1, -0.05) is 11.6 Å². The van der Waals surface area contributed by atoms with E-state index in [1.165, 1.54) is 0 Å². The second-order valence-electron chi connectivity index (χ2n) is 2.10. The van der Waals surface area contributed by atoms with E-state index >= 15 is 0 Å². The van der Waals surface area contributed by atoms with Crippen molar-refractivity contribution in [3.05, 3.63) is 27.4 Å². The Morgan fingerprint density at radius 3 is 2.92 bits per heavy atom. The zero-order chi connectivity index (χ0) is 8.39. The molecule has 62 valence electrons. The Balaban J connectivity index is 2.20. The maximum absolute atomic E-state index is 5.77. The number of hydrogen-bond donors (Lipinski definition) is 0. The molecule has 0 saturated heterocycles. The van der Waals surface area contributed by atoms with E-state index in [4.69, 9.17) is 11.6 Å². The SMILES string of the molecule is Clc1nsnc1Cc1nccs1. The van der Waals surface area contributed by atoms with Gasteiger partial charge in [0, 0.05) is 18.0 Å². The Kier molecular flexibility index (Phi) is 2.34. The van der Waals surface area contributed by atoms with Gasteiger partial charge in [-0.15, -0.1) is 11.3 Å². The summed E-state index contributed by atoms with van der Waals surface area (Å²) in [6.07, 6.45) is 2.46.